The van der Waals surface area contributed by atoms with E-state index in [-0.39, 0.29) is 41.0 Å². The Bertz CT molecular complexity index is 837. The van der Waals surface area contributed by atoms with Gasteiger partial charge in [-0.05, 0) is 37.3 Å². The predicted molar refractivity (Wildman–Crippen MR) is 126 cm³/mol. The molecule has 3 atom stereocenters. The van der Waals surface area contributed by atoms with Gasteiger partial charge in [-0.25, -0.2) is 0 Å². The van der Waals surface area contributed by atoms with Gasteiger partial charge in [-0.1, -0.05) is 81.4 Å². The number of benzene rings is 2. The van der Waals surface area contributed by atoms with E-state index in [4.69, 9.17) is 0 Å². The fourth-order valence-corrected chi connectivity index (χ4v) is 5.26. The molecule has 1 amide bonds. The van der Waals surface area contributed by atoms with Crippen molar-refractivity contribution in [1.82, 2.24) is 10.6 Å². The predicted octanol–water partition coefficient (Wildman–Crippen LogP) is 4.76. The molecular weight excluding hydrogens is 384 g/mol. The fourth-order valence-electron chi connectivity index (χ4n) is 5.26. The molecule has 1 aliphatic rings. The average Bonchev–Trinajstić information content (AvgIpc) is 3.00. The molecule has 166 valence electrons. The molecule has 0 saturated carbocycles. The monoisotopic (exact) mass is 420 g/mol. The summed E-state index contributed by atoms with van der Waals surface area (Å²) in [5.41, 5.74) is 1.96. The zero-order chi connectivity index (χ0) is 22.6. The zero-order valence-electron chi connectivity index (χ0n) is 19.4. The van der Waals surface area contributed by atoms with Crippen molar-refractivity contribution >= 4 is 11.7 Å². The molecule has 4 nitrogen and oxygen atoms in total. The summed E-state index contributed by atoms with van der Waals surface area (Å²) >= 11 is 0. The molecule has 3 rings (SSSR count). The Balaban J connectivity index is 1.81. The summed E-state index contributed by atoms with van der Waals surface area (Å²) < 4.78 is 0. The second kappa shape index (κ2) is 9.78. The lowest BCUT2D eigenvalue weighted by Crippen LogP contribution is -2.43. The zero-order valence-corrected chi connectivity index (χ0v) is 19.4. The minimum absolute atomic E-state index is 0.000550. The Morgan fingerprint density at radius 2 is 1.52 bits per heavy atom. The summed E-state index contributed by atoms with van der Waals surface area (Å²) in [6, 6.07) is 20.6. The molecule has 2 aromatic carbocycles. The summed E-state index contributed by atoms with van der Waals surface area (Å²) in [4.78, 5) is 26.4. The highest BCUT2D eigenvalue weighted by Crippen LogP contribution is 2.39. The van der Waals surface area contributed by atoms with Crippen LogP contribution in [0, 0.1) is 23.7 Å². The molecule has 1 fully saturated rings. The average molecular weight is 421 g/mol. The standard InChI is InChI=1S/C27H36N2O2/c1-6-19(25(30)22-23(18(2)3)27(4,5)29-26(22)31)17-28-24(20-13-9-7-10-14-20)21-15-11-8-12-16-21/h7-16,18-19,22-24,28H,6,17H2,1-5H3,(H,29,31)/t19-,22?,23?/m0/s1. The van der Waals surface area contributed by atoms with Crippen molar-refractivity contribution < 1.29 is 9.59 Å². The number of carbonyl (C=O) groups is 2. The molecule has 2 aromatic rings. The van der Waals surface area contributed by atoms with Crippen molar-refractivity contribution in [2.24, 2.45) is 23.7 Å². The van der Waals surface area contributed by atoms with E-state index in [9.17, 15) is 9.59 Å². The molecular formula is C27H36N2O2. The first-order chi connectivity index (χ1) is 14.8. The van der Waals surface area contributed by atoms with Gasteiger partial charge >= 0.3 is 0 Å². The maximum atomic E-state index is 13.6. The van der Waals surface area contributed by atoms with Crippen molar-refractivity contribution in [2.45, 2.75) is 52.6 Å². The summed E-state index contributed by atoms with van der Waals surface area (Å²) in [5.74, 6) is -0.587. The van der Waals surface area contributed by atoms with Crippen LogP contribution in [-0.2, 0) is 9.59 Å². The van der Waals surface area contributed by atoms with Crippen LogP contribution in [0.3, 0.4) is 0 Å². The molecule has 1 saturated heterocycles. The molecule has 0 bridgehead atoms. The Hall–Kier alpha value is -2.46. The maximum absolute atomic E-state index is 13.6. The van der Waals surface area contributed by atoms with E-state index in [1.54, 1.807) is 0 Å². The minimum atomic E-state index is -0.575. The summed E-state index contributed by atoms with van der Waals surface area (Å²) in [5, 5.41) is 6.71. The van der Waals surface area contributed by atoms with Gasteiger partial charge in [0, 0.05) is 23.9 Å². The number of amides is 1. The van der Waals surface area contributed by atoms with Crippen molar-refractivity contribution in [1.29, 1.82) is 0 Å². The van der Waals surface area contributed by atoms with E-state index >= 15 is 0 Å². The van der Waals surface area contributed by atoms with E-state index < -0.39 is 5.92 Å². The summed E-state index contributed by atoms with van der Waals surface area (Å²) in [6.45, 7) is 10.8. The summed E-state index contributed by atoms with van der Waals surface area (Å²) in [6.07, 6.45) is 0.706. The van der Waals surface area contributed by atoms with E-state index in [1.807, 2.05) is 57.2 Å². The van der Waals surface area contributed by atoms with E-state index in [0.717, 1.165) is 11.1 Å². The van der Waals surface area contributed by atoms with Gasteiger partial charge in [0.1, 0.15) is 11.7 Å². The van der Waals surface area contributed by atoms with Crippen LogP contribution in [-0.4, -0.2) is 23.8 Å². The number of nitrogens with one attached hydrogen (secondary N) is 2. The topological polar surface area (TPSA) is 58.2 Å². The third-order valence-corrected chi connectivity index (χ3v) is 6.67. The Labute approximate surface area is 186 Å². The molecule has 0 radical (unpaired) electrons. The fraction of sp³-hybridized carbons (Fsp3) is 0.481. The lowest BCUT2D eigenvalue weighted by molar-refractivity contribution is -0.136. The third kappa shape index (κ3) is 5.07. The molecule has 1 heterocycles. The number of hydrogen-bond acceptors (Lipinski definition) is 3. The number of hydrogen-bond donors (Lipinski definition) is 2. The van der Waals surface area contributed by atoms with Crippen LogP contribution in [0.5, 0.6) is 0 Å². The quantitative estimate of drug-likeness (QED) is 0.575. The van der Waals surface area contributed by atoms with Gasteiger partial charge in [0.15, 0.2) is 0 Å². The van der Waals surface area contributed by atoms with E-state index in [1.165, 1.54) is 0 Å². The molecule has 0 aliphatic carbocycles. The molecule has 2 unspecified atom stereocenters. The van der Waals surface area contributed by atoms with E-state index in [0.29, 0.717) is 13.0 Å². The Morgan fingerprint density at radius 1 is 1.00 bits per heavy atom. The van der Waals surface area contributed by atoms with Gasteiger partial charge in [0.2, 0.25) is 5.91 Å². The van der Waals surface area contributed by atoms with Crippen LogP contribution in [0.25, 0.3) is 0 Å². The minimum Gasteiger partial charge on any atom is -0.350 e. The third-order valence-electron chi connectivity index (χ3n) is 6.67. The first-order valence-electron chi connectivity index (χ1n) is 11.4. The van der Waals surface area contributed by atoms with Crippen molar-refractivity contribution in [3.8, 4) is 0 Å². The second-order valence-electron chi connectivity index (χ2n) is 9.63. The normalized spacial score (nSPS) is 21.3. The Morgan fingerprint density at radius 3 is 1.97 bits per heavy atom. The lowest BCUT2D eigenvalue weighted by Gasteiger charge is -2.33. The second-order valence-corrected chi connectivity index (χ2v) is 9.63. The van der Waals surface area contributed by atoms with Gasteiger partial charge in [-0.3, -0.25) is 9.59 Å². The molecule has 4 heteroatoms. The highest BCUT2D eigenvalue weighted by atomic mass is 16.2. The van der Waals surface area contributed by atoms with Gasteiger partial charge in [-0.2, -0.15) is 0 Å². The van der Waals surface area contributed by atoms with Crippen LogP contribution < -0.4 is 10.6 Å². The maximum Gasteiger partial charge on any atom is 0.231 e. The number of Topliss-reactive ketones (excluding diaryl/α,β-unsaturated/α-hetero) is 1. The highest BCUT2D eigenvalue weighted by Gasteiger charge is 2.52. The first kappa shape index (κ1) is 23.2. The van der Waals surface area contributed by atoms with Crippen molar-refractivity contribution in [3.05, 3.63) is 71.8 Å². The van der Waals surface area contributed by atoms with Gasteiger partial charge in [0.25, 0.3) is 0 Å². The van der Waals surface area contributed by atoms with Crippen LogP contribution >= 0.6 is 0 Å². The van der Waals surface area contributed by atoms with Crippen LogP contribution in [0.2, 0.25) is 0 Å². The van der Waals surface area contributed by atoms with Gasteiger partial charge < -0.3 is 10.6 Å². The SMILES string of the molecule is CC[C@@H](CNC(c1ccccc1)c1ccccc1)C(=O)C1C(=O)NC(C)(C)C1C(C)C. The molecule has 0 aromatic heterocycles. The van der Waals surface area contributed by atoms with Crippen LogP contribution in [0.15, 0.2) is 60.7 Å². The van der Waals surface area contributed by atoms with Crippen LogP contribution in [0.1, 0.15) is 58.2 Å². The summed E-state index contributed by atoms with van der Waals surface area (Å²) in [7, 11) is 0. The van der Waals surface area contributed by atoms with E-state index in [2.05, 4.69) is 48.7 Å². The van der Waals surface area contributed by atoms with Gasteiger partial charge in [0.05, 0.1) is 6.04 Å². The number of carbonyl (C=O) groups excluding carboxylic acids is 2. The number of rotatable bonds is 9. The lowest BCUT2D eigenvalue weighted by atomic mass is 9.71. The molecule has 2 N–H and O–H groups in total. The highest BCUT2D eigenvalue weighted by molar-refractivity contribution is 6.04. The van der Waals surface area contributed by atoms with Crippen molar-refractivity contribution in [2.75, 3.05) is 6.54 Å². The van der Waals surface area contributed by atoms with Gasteiger partial charge in [-0.15, -0.1) is 0 Å². The smallest absolute Gasteiger partial charge is 0.231 e. The number of ketones is 1. The molecule has 0 spiro atoms. The molecule has 31 heavy (non-hydrogen) atoms. The Kier molecular flexibility index (Phi) is 7.32. The largest absolute Gasteiger partial charge is 0.350 e. The van der Waals surface area contributed by atoms with Crippen LogP contribution in [0.4, 0.5) is 0 Å². The van der Waals surface area contributed by atoms with Crippen molar-refractivity contribution in [3.63, 3.8) is 0 Å². The molecule has 1 aliphatic heterocycles. The first-order valence-corrected chi connectivity index (χ1v) is 11.4.